The number of nitrogens with zero attached hydrogens (tertiary/aromatic N) is 4. The number of rotatable bonds is 6. The number of methoxy groups -OCH3 is 1. The van der Waals surface area contributed by atoms with Crippen molar-refractivity contribution in [3.05, 3.63) is 6.33 Å². The molecule has 0 amide bonds. The molecule has 20 heavy (non-hydrogen) atoms. The summed E-state index contributed by atoms with van der Waals surface area (Å²) in [4.78, 5) is 12.7. The van der Waals surface area contributed by atoms with Crippen molar-refractivity contribution >= 4 is 17.1 Å². The number of aromatic nitrogens is 4. The van der Waals surface area contributed by atoms with E-state index in [0.29, 0.717) is 42.1 Å². The zero-order valence-electron chi connectivity index (χ0n) is 12.3. The molecule has 2 aromatic heterocycles. The number of nitrogens with two attached hydrogens (primary N) is 1. The highest BCUT2D eigenvalue weighted by atomic mass is 16.5. The first-order valence-electron chi connectivity index (χ1n) is 6.70. The summed E-state index contributed by atoms with van der Waals surface area (Å²) in [6.45, 7) is 7.43. The molecule has 7 heteroatoms. The number of fused-ring (bicyclic) bond motifs is 1. The molecule has 0 bridgehead atoms. The summed E-state index contributed by atoms with van der Waals surface area (Å²) >= 11 is 0. The van der Waals surface area contributed by atoms with Crippen LogP contribution in [0, 0.1) is 5.92 Å². The molecule has 0 aromatic carbocycles. The summed E-state index contributed by atoms with van der Waals surface area (Å²) in [6, 6.07) is 0.0690. The number of nitrogen functional groups attached to an aromatic ring is 1. The van der Waals surface area contributed by atoms with Crippen LogP contribution in [0.15, 0.2) is 6.33 Å². The van der Waals surface area contributed by atoms with Gasteiger partial charge in [0.2, 0.25) is 11.8 Å². The average molecular weight is 279 g/mol. The van der Waals surface area contributed by atoms with Crippen LogP contribution in [-0.4, -0.2) is 39.8 Å². The Bertz CT molecular complexity index is 581. The van der Waals surface area contributed by atoms with E-state index in [-0.39, 0.29) is 6.04 Å². The highest BCUT2D eigenvalue weighted by Crippen LogP contribution is 2.29. The van der Waals surface area contributed by atoms with Gasteiger partial charge in [-0.1, -0.05) is 13.8 Å². The van der Waals surface area contributed by atoms with Crippen LogP contribution >= 0.6 is 0 Å². The number of anilines is 1. The quantitative estimate of drug-likeness (QED) is 0.865. The van der Waals surface area contributed by atoms with E-state index in [1.54, 1.807) is 7.11 Å². The molecule has 1 unspecified atom stereocenters. The Morgan fingerprint density at radius 3 is 2.70 bits per heavy atom. The van der Waals surface area contributed by atoms with Crippen LogP contribution in [0.2, 0.25) is 0 Å². The van der Waals surface area contributed by atoms with Crippen LogP contribution in [0.1, 0.15) is 26.8 Å². The minimum absolute atomic E-state index is 0.0690. The Labute approximate surface area is 118 Å². The monoisotopic (exact) mass is 279 g/mol. The molecular formula is C13H21N5O2. The summed E-state index contributed by atoms with van der Waals surface area (Å²) < 4.78 is 12.7. The molecule has 0 aliphatic carbocycles. The second-order valence-corrected chi connectivity index (χ2v) is 4.87. The number of ether oxygens (including phenoxy) is 2. The van der Waals surface area contributed by atoms with Gasteiger partial charge in [-0.05, 0) is 12.8 Å². The highest BCUT2D eigenvalue weighted by molar-refractivity contribution is 5.79. The van der Waals surface area contributed by atoms with Gasteiger partial charge < -0.3 is 15.2 Å². The third-order valence-electron chi connectivity index (χ3n) is 3.26. The third kappa shape index (κ3) is 2.53. The summed E-state index contributed by atoms with van der Waals surface area (Å²) in [5.41, 5.74) is 7.31. The van der Waals surface area contributed by atoms with Crippen molar-refractivity contribution in [3.63, 3.8) is 0 Å². The Hall–Kier alpha value is -1.89. The molecule has 0 aliphatic rings. The molecule has 0 fully saturated rings. The fraction of sp³-hybridized carbons (Fsp3) is 0.615. The largest absolute Gasteiger partial charge is 0.479 e. The minimum atomic E-state index is 0.0690. The maximum atomic E-state index is 6.06. The third-order valence-corrected chi connectivity index (χ3v) is 3.26. The van der Waals surface area contributed by atoms with Gasteiger partial charge in [0.25, 0.3) is 0 Å². The van der Waals surface area contributed by atoms with E-state index in [1.807, 2.05) is 11.5 Å². The maximum Gasteiger partial charge on any atom is 0.245 e. The summed E-state index contributed by atoms with van der Waals surface area (Å²) in [5.74, 6) is 1.17. The predicted molar refractivity (Wildman–Crippen MR) is 76.7 cm³/mol. The van der Waals surface area contributed by atoms with E-state index in [0.717, 1.165) is 0 Å². The Morgan fingerprint density at radius 2 is 2.10 bits per heavy atom. The molecule has 0 saturated carbocycles. The van der Waals surface area contributed by atoms with Gasteiger partial charge in [0.05, 0.1) is 19.8 Å². The summed E-state index contributed by atoms with van der Waals surface area (Å²) in [7, 11) is 1.55. The van der Waals surface area contributed by atoms with E-state index in [2.05, 4.69) is 28.8 Å². The Kier molecular flexibility index (Phi) is 4.39. The van der Waals surface area contributed by atoms with Crippen LogP contribution in [0.3, 0.4) is 0 Å². The van der Waals surface area contributed by atoms with E-state index < -0.39 is 0 Å². The molecule has 2 aromatic rings. The van der Waals surface area contributed by atoms with Crippen molar-refractivity contribution in [1.82, 2.24) is 19.5 Å². The fourth-order valence-corrected chi connectivity index (χ4v) is 2.19. The van der Waals surface area contributed by atoms with Crippen LogP contribution in [0.25, 0.3) is 11.2 Å². The van der Waals surface area contributed by atoms with Crippen molar-refractivity contribution in [3.8, 4) is 5.88 Å². The van der Waals surface area contributed by atoms with Crippen LogP contribution < -0.4 is 10.5 Å². The second-order valence-electron chi connectivity index (χ2n) is 4.87. The molecule has 110 valence electrons. The zero-order valence-corrected chi connectivity index (χ0v) is 12.3. The van der Waals surface area contributed by atoms with E-state index in [4.69, 9.17) is 15.2 Å². The molecule has 0 aliphatic heterocycles. The molecule has 0 radical (unpaired) electrons. The first-order chi connectivity index (χ1) is 9.60. The van der Waals surface area contributed by atoms with Gasteiger partial charge >= 0.3 is 0 Å². The van der Waals surface area contributed by atoms with Crippen LogP contribution in [-0.2, 0) is 4.74 Å². The maximum absolute atomic E-state index is 6.06. The first-order valence-corrected chi connectivity index (χ1v) is 6.70. The van der Waals surface area contributed by atoms with Gasteiger partial charge in [0, 0.05) is 6.61 Å². The van der Waals surface area contributed by atoms with Crippen molar-refractivity contribution in [1.29, 1.82) is 0 Å². The lowest BCUT2D eigenvalue weighted by atomic mass is 10.1. The SMILES string of the molecule is CCOCC(C(C)C)n1c(N)nc2c(OC)ncnc21. The standard InChI is InChI=1S/C13H21N5O2/c1-5-20-6-9(8(2)3)18-11-10(17-13(18)14)12(19-4)16-7-15-11/h7-9H,5-6H2,1-4H3,(H2,14,17). The van der Waals surface area contributed by atoms with Crippen molar-refractivity contribution in [2.24, 2.45) is 5.92 Å². The van der Waals surface area contributed by atoms with Crippen molar-refractivity contribution < 1.29 is 9.47 Å². The lowest BCUT2D eigenvalue weighted by molar-refractivity contribution is 0.0985. The number of hydrogen-bond donors (Lipinski definition) is 1. The van der Waals surface area contributed by atoms with Gasteiger partial charge in [-0.15, -0.1) is 0 Å². The van der Waals surface area contributed by atoms with Crippen LogP contribution in [0.5, 0.6) is 5.88 Å². The molecule has 2 N–H and O–H groups in total. The van der Waals surface area contributed by atoms with E-state index in [9.17, 15) is 0 Å². The lowest BCUT2D eigenvalue weighted by Gasteiger charge is -2.23. The zero-order chi connectivity index (χ0) is 14.7. The smallest absolute Gasteiger partial charge is 0.245 e. The summed E-state index contributed by atoms with van der Waals surface area (Å²) in [5, 5.41) is 0. The van der Waals surface area contributed by atoms with Gasteiger partial charge in [-0.3, -0.25) is 4.57 Å². The van der Waals surface area contributed by atoms with E-state index >= 15 is 0 Å². The topological polar surface area (TPSA) is 88.1 Å². The van der Waals surface area contributed by atoms with Gasteiger partial charge in [0.15, 0.2) is 11.2 Å². The second kappa shape index (κ2) is 6.04. The molecule has 7 nitrogen and oxygen atoms in total. The molecule has 1 atom stereocenters. The first kappa shape index (κ1) is 14.5. The molecular weight excluding hydrogens is 258 g/mol. The minimum Gasteiger partial charge on any atom is -0.479 e. The lowest BCUT2D eigenvalue weighted by Crippen LogP contribution is -2.22. The summed E-state index contributed by atoms with van der Waals surface area (Å²) in [6.07, 6.45) is 1.46. The van der Waals surface area contributed by atoms with Crippen molar-refractivity contribution in [2.75, 3.05) is 26.1 Å². The van der Waals surface area contributed by atoms with E-state index in [1.165, 1.54) is 6.33 Å². The fourth-order valence-electron chi connectivity index (χ4n) is 2.19. The van der Waals surface area contributed by atoms with Crippen molar-refractivity contribution in [2.45, 2.75) is 26.8 Å². The molecule has 0 saturated heterocycles. The average Bonchev–Trinajstić information content (AvgIpc) is 2.75. The molecule has 2 heterocycles. The predicted octanol–water partition coefficient (Wildman–Crippen LogP) is 1.65. The van der Waals surface area contributed by atoms with Gasteiger partial charge in [0.1, 0.15) is 6.33 Å². The van der Waals surface area contributed by atoms with Crippen LogP contribution in [0.4, 0.5) is 5.95 Å². The molecule has 2 rings (SSSR count). The molecule has 0 spiro atoms. The Balaban J connectivity index is 2.54. The highest BCUT2D eigenvalue weighted by Gasteiger charge is 2.23. The normalized spacial score (nSPS) is 13.1. The number of imidazole rings is 1. The number of hydrogen-bond acceptors (Lipinski definition) is 6. The Morgan fingerprint density at radius 1 is 1.35 bits per heavy atom. The van der Waals surface area contributed by atoms with Gasteiger partial charge in [-0.2, -0.15) is 4.98 Å². The van der Waals surface area contributed by atoms with Gasteiger partial charge in [-0.25, -0.2) is 9.97 Å².